The summed E-state index contributed by atoms with van der Waals surface area (Å²) in [5, 5.41) is 1.07. The quantitative estimate of drug-likeness (QED) is 0.834. The van der Waals surface area contributed by atoms with Gasteiger partial charge in [0.05, 0.1) is 27.0 Å². The molecule has 0 aliphatic heterocycles. The Labute approximate surface area is 124 Å². The van der Waals surface area contributed by atoms with Gasteiger partial charge in [0, 0.05) is 6.07 Å². The van der Waals surface area contributed by atoms with Crippen molar-refractivity contribution in [2.75, 3.05) is 5.73 Å². The minimum Gasteiger partial charge on any atom is -0.488 e. The van der Waals surface area contributed by atoms with Crippen LogP contribution in [-0.4, -0.2) is 11.1 Å². The number of anilines is 1. The number of nitrogens with two attached hydrogens (primary N) is 1. The number of hydrogen-bond acceptors (Lipinski definition) is 4. The van der Waals surface area contributed by atoms with Gasteiger partial charge in [-0.2, -0.15) is 0 Å². The Bertz CT molecular complexity index is 612. The second-order valence-electron chi connectivity index (χ2n) is 6.25. The van der Waals surface area contributed by atoms with Crippen molar-refractivity contribution in [1.82, 2.24) is 4.98 Å². The standard InChI is InChI=1S/C16H22N2OS/c1-9-4-10(2)6-12(5-9)19-15-8-14-16(7-13(15)17)20-11(3)18-14/h7-10,12H,4-6,17H2,1-3H3. The van der Waals surface area contributed by atoms with Crippen LogP contribution in [0.1, 0.15) is 38.1 Å². The molecule has 1 aromatic carbocycles. The lowest BCUT2D eigenvalue weighted by molar-refractivity contribution is 0.102. The lowest BCUT2D eigenvalue weighted by Gasteiger charge is -2.32. The molecule has 20 heavy (non-hydrogen) atoms. The van der Waals surface area contributed by atoms with Gasteiger partial charge in [-0.3, -0.25) is 0 Å². The van der Waals surface area contributed by atoms with Crippen LogP contribution < -0.4 is 10.5 Å². The maximum absolute atomic E-state index is 6.18. The molecule has 1 aromatic heterocycles. The molecule has 0 spiro atoms. The molecule has 0 radical (unpaired) electrons. The summed E-state index contributed by atoms with van der Waals surface area (Å²) in [6.07, 6.45) is 3.84. The molecule has 1 heterocycles. The predicted molar refractivity (Wildman–Crippen MR) is 85.4 cm³/mol. The minimum atomic E-state index is 0.285. The van der Waals surface area contributed by atoms with Crippen molar-refractivity contribution in [1.29, 1.82) is 0 Å². The number of thiazole rings is 1. The van der Waals surface area contributed by atoms with E-state index >= 15 is 0 Å². The first kappa shape index (κ1) is 13.7. The van der Waals surface area contributed by atoms with Crippen LogP contribution in [0.4, 0.5) is 5.69 Å². The van der Waals surface area contributed by atoms with Gasteiger partial charge in [0.1, 0.15) is 5.75 Å². The Balaban J connectivity index is 1.84. The van der Waals surface area contributed by atoms with Crippen molar-refractivity contribution in [3.05, 3.63) is 17.1 Å². The fourth-order valence-electron chi connectivity index (χ4n) is 3.34. The van der Waals surface area contributed by atoms with E-state index in [1.807, 2.05) is 19.1 Å². The third-order valence-corrected chi connectivity index (χ3v) is 4.99. The van der Waals surface area contributed by atoms with E-state index in [0.717, 1.165) is 51.3 Å². The van der Waals surface area contributed by atoms with Crippen LogP contribution in [0.2, 0.25) is 0 Å². The highest BCUT2D eigenvalue weighted by molar-refractivity contribution is 7.18. The molecule has 0 bridgehead atoms. The monoisotopic (exact) mass is 290 g/mol. The molecule has 0 saturated heterocycles. The molecule has 1 saturated carbocycles. The van der Waals surface area contributed by atoms with Crippen LogP contribution in [0.15, 0.2) is 12.1 Å². The third kappa shape index (κ3) is 2.75. The molecule has 1 aliphatic carbocycles. The number of nitrogen functional groups attached to an aromatic ring is 1. The Morgan fingerprint density at radius 2 is 1.90 bits per heavy atom. The zero-order chi connectivity index (χ0) is 14.3. The highest BCUT2D eigenvalue weighted by Gasteiger charge is 2.25. The fourth-order valence-corrected chi connectivity index (χ4v) is 4.19. The van der Waals surface area contributed by atoms with E-state index < -0.39 is 0 Å². The summed E-state index contributed by atoms with van der Waals surface area (Å²) in [4.78, 5) is 4.52. The van der Waals surface area contributed by atoms with E-state index in [-0.39, 0.29) is 6.10 Å². The molecular weight excluding hydrogens is 268 g/mol. The Kier molecular flexibility index (Phi) is 3.59. The van der Waals surface area contributed by atoms with Crippen LogP contribution in [-0.2, 0) is 0 Å². The summed E-state index contributed by atoms with van der Waals surface area (Å²) in [5.74, 6) is 2.26. The van der Waals surface area contributed by atoms with E-state index in [4.69, 9.17) is 10.5 Å². The van der Waals surface area contributed by atoms with Crippen LogP contribution in [0.5, 0.6) is 5.75 Å². The Hall–Kier alpha value is -1.29. The average Bonchev–Trinajstić information content (AvgIpc) is 2.67. The highest BCUT2D eigenvalue weighted by Crippen LogP contribution is 2.35. The number of fused-ring (bicyclic) bond motifs is 1. The number of aryl methyl sites for hydroxylation is 1. The first-order valence-corrected chi connectivity index (χ1v) is 8.16. The van der Waals surface area contributed by atoms with Gasteiger partial charge in [-0.1, -0.05) is 13.8 Å². The molecule has 2 N–H and O–H groups in total. The summed E-state index contributed by atoms with van der Waals surface area (Å²) in [7, 11) is 0. The second-order valence-corrected chi connectivity index (χ2v) is 7.48. The maximum Gasteiger partial charge on any atom is 0.144 e. The van der Waals surface area contributed by atoms with E-state index in [1.165, 1.54) is 6.42 Å². The van der Waals surface area contributed by atoms with Crippen LogP contribution >= 0.6 is 11.3 Å². The number of aromatic nitrogens is 1. The Morgan fingerprint density at radius 3 is 2.60 bits per heavy atom. The molecule has 2 aromatic rings. The number of hydrogen-bond donors (Lipinski definition) is 1. The summed E-state index contributed by atoms with van der Waals surface area (Å²) in [6, 6.07) is 3.99. The van der Waals surface area contributed by atoms with E-state index in [1.54, 1.807) is 11.3 Å². The molecule has 3 rings (SSSR count). The SMILES string of the molecule is Cc1nc2cc(OC3CC(C)CC(C)C3)c(N)cc2s1. The highest BCUT2D eigenvalue weighted by atomic mass is 32.1. The van der Waals surface area contributed by atoms with Crippen LogP contribution in [0.3, 0.4) is 0 Å². The summed E-state index contributed by atoms with van der Waals surface area (Å²) < 4.78 is 7.32. The zero-order valence-corrected chi connectivity index (χ0v) is 13.2. The smallest absolute Gasteiger partial charge is 0.144 e. The average molecular weight is 290 g/mol. The van der Waals surface area contributed by atoms with Gasteiger partial charge in [-0.05, 0) is 44.1 Å². The van der Waals surface area contributed by atoms with Crippen molar-refractivity contribution in [2.24, 2.45) is 11.8 Å². The first-order chi connectivity index (χ1) is 9.51. The Morgan fingerprint density at radius 1 is 1.20 bits per heavy atom. The molecule has 108 valence electrons. The van der Waals surface area contributed by atoms with E-state index in [2.05, 4.69) is 18.8 Å². The van der Waals surface area contributed by atoms with Crippen LogP contribution in [0, 0.1) is 18.8 Å². The second kappa shape index (κ2) is 5.24. The van der Waals surface area contributed by atoms with Gasteiger partial charge < -0.3 is 10.5 Å². The minimum absolute atomic E-state index is 0.285. The molecular formula is C16H22N2OS. The van der Waals surface area contributed by atoms with Crippen molar-refractivity contribution >= 4 is 27.2 Å². The predicted octanol–water partition coefficient (Wildman–Crippen LogP) is 4.39. The summed E-state index contributed by atoms with van der Waals surface area (Å²) >= 11 is 1.68. The normalized spacial score (nSPS) is 26.9. The van der Waals surface area contributed by atoms with E-state index in [0.29, 0.717) is 0 Å². The van der Waals surface area contributed by atoms with Gasteiger partial charge in [-0.25, -0.2) is 4.98 Å². The molecule has 1 aliphatic rings. The van der Waals surface area contributed by atoms with Crippen molar-refractivity contribution in [2.45, 2.75) is 46.1 Å². The largest absolute Gasteiger partial charge is 0.488 e. The molecule has 4 heteroatoms. The first-order valence-electron chi connectivity index (χ1n) is 7.34. The molecule has 1 fully saturated rings. The summed E-state index contributed by atoms with van der Waals surface area (Å²) in [6.45, 7) is 6.64. The van der Waals surface area contributed by atoms with Gasteiger partial charge in [0.2, 0.25) is 0 Å². The molecule has 2 unspecified atom stereocenters. The van der Waals surface area contributed by atoms with Crippen molar-refractivity contribution in [3.63, 3.8) is 0 Å². The fraction of sp³-hybridized carbons (Fsp3) is 0.562. The number of ether oxygens (including phenoxy) is 1. The third-order valence-electron chi connectivity index (χ3n) is 4.06. The molecule has 3 nitrogen and oxygen atoms in total. The topological polar surface area (TPSA) is 48.1 Å². The zero-order valence-electron chi connectivity index (χ0n) is 12.3. The van der Waals surface area contributed by atoms with E-state index in [9.17, 15) is 0 Å². The lowest BCUT2D eigenvalue weighted by Crippen LogP contribution is -2.28. The van der Waals surface area contributed by atoms with Gasteiger partial charge in [0.25, 0.3) is 0 Å². The lowest BCUT2D eigenvalue weighted by atomic mass is 9.82. The maximum atomic E-state index is 6.18. The van der Waals surface area contributed by atoms with Gasteiger partial charge in [0.15, 0.2) is 0 Å². The number of nitrogens with zero attached hydrogens (tertiary/aromatic N) is 1. The number of rotatable bonds is 2. The summed E-state index contributed by atoms with van der Waals surface area (Å²) in [5.41, 5.74) is 7.86. The van der Waals surface area contributed by atoms with Crippen molar-refractivity contribution < 1.29 is 4.74 Å². The molecule has 0 amide bonds. The van der Waals surface area contributed by atoms with Crippen molar-refractivity contribution in [3.8, 4) is 5.75 Å². The van der Waals surface area contributed by atoms with Crippen LogP contribution in [0.25, 0.3) is 10.2 Å². The van der Waals surface area contributed by atoms with Gasteiger partial charge in [-0.15, -0.1) is 11.3 Å². The van der Waals surface area contributed by atoms with Gasteiger partial charge >= 0.3 is 0 Å². The number of benzene rings is 1. The molecule has 2 atom stereocenters.